The Morgan fingerprint density at radius 2 is 0.829 bits per heavy atom. The van der Waals surface area contributed by atoms with Crippen LogP contribution in [0.4, 0.5) is 4.39 Å². The van der Waals surface area contributed by atoms with Crippen LogP contribution in [0.15, 0.2) is 0 Å². The summed E-state index contributed by atoms with van der Waals surface area (Å²) >= 11 is 0. The molecule has 0 rings (SSSR count). The first-order valence-electron chi connectivity index (χ1n) is 14.3. The minimum absolute atomic E-state index is 0.117. The van der Waals surface area contributed by atoms with Crippen molar-refractivity contribution < 1.29 is 32.9 Å². The van der Waals surface area contributed by atoms with E-state index in [1.807, 2.05) is 0 Å². The van der Waals surface area contributed by atoms with Crippen molar-refractivity contribution in [3.05, 3.63) is 0 Å². The topological polar surface area (TPSA) is 63.2 Å². The van der Waals surface area contributed by atoms with Gasteiger partial charge in [-0.25, -0.2) is 4.39 Å². The quantitative estimate of drug-likeness (QED) is 0.0786. The number of halogens is 1. The van der Waals surface area contributed by atoms with Crippen molar-refractivity contribution in [3.8, 4) is 0 Å². The SMILES string of the molecule is CCCCCCCCCCCCCCCCCC(=O)OCCOCCOCCOCCOCCF. The summed E-state index contributed by atoms with van der Waals surface area (Å²) in [6.45, 7) is 5.29. The number of unbranched alkanes of at least 4 members (excludes halogenated alkanes) is 14. The predicted molar refractivity (Wildman–Crippen MR) is 140 cm³/mol. The van der Waals surface area contributed by atoms with Crippen molar-refractivity contribution in [1.29, 1.82) is 0 Å². The molecule has 0 saturated heterocycles. The van der Waals surface area contributed by atoms with Crippen LogP contribution >= 0.6 is 0 Å². The highest BCUT2D eigenvalue weighted by molar-refractivity contribution is 5.69. The average Bonchev–Trinajstić information content (AvgIpc) is 2.86. The molecular formula is C28H55FO6. The molecule has 0 radical (unpaired) electrons. The first-order valence-corrected chi connectivity index (χ1v) is 14.3. The number of esters is 1. The molecule has 0 amide bonds. The zero-order valence-electron chi connectivity index (χ0n) is 22.7. The van der Waals surface area contributed by atoms with E-state index in [1.54, 1.807) is 0 Å². The van der Waals surface area contributed by atoms with E-state index in [2.05, 4.69) is 6.92 Å². The first-order chi connectivity index (χ1) is 17.3. The summed E-state index contributed by atoms with van der Waals surface area (Å²) in [5.74, 6) is -0.132. The Balaban J connectivity index is 3.14. The minimum Gasteiger partial charge on any atom is -0.463 e. The third kappa shape index (κ3) is 31.2. The van der Waals surface area contributed by atoms with Gasteiger partial charge in [0.2, 0.25) is 0 Å². The van der Waals surface area contributed by atoms with Gasteiger partial charge in [-0.05, 0) is 6.42 Å². The number of carbonyl (C=O) groups excluding carboxylic acids is 1. The fourth-order valence-corrected chi connectivity index (χ4v) is 3.74. The number of hydrogen-bond donors (Lipinski definition) is 0. The van der Waals surface area contributed by atoms with Gasteiger partial charge in [0, 0.05) is 6.42 Å². The second-order valence-electron chi connectivity index (χ2n) is 9.06. The lowest BCUT2D eigenvalue weighted by molar-refractivity contribution is -0.145. The summed E-state index contributed by atoms with van der Waals surface area (Å²) in [6.07, 6.45) is 20.3. The van der Waals surface area contributed by atoms with Crippen LogP contribution in [0.1, 0.15) is 110 Å². The third-order valence-electron chi connectivity index (χ3n) is 5.81. The van der Waals surface area contributed by atoms with E-state index in [0.29, 0.717) is 59.3 Å². The predicted octanol–water partition coefficient (Wildman–Crippen LogP) is 6.83. The molecule has 0 atom stereocenters. The summed E-state index contributed by atoms with van der Waals surface area (Å²) in [4.78, 5) is 11.8. The van der Waals surface area contributed by atoms with Gasteiger partial charge in [0.25, 0.3) is 0 Å². The average molecular weight is 507 g/mol. The summed E-state index contributed by atoms with van der Waals surface area (Å²) < 4.78 is 38.0. The third-order valence-corrected chi connectivity index (χ3v) is 5.81. The smallest absolute Gasteiger partial charge is 0.305 e. The maximum Gasteiger partial charge on any atom is 0.305 e. The van der Waals surface area contributed by atoms with E-state index in [0.717, 1.165) is 12.8 Å². The van der Waals surface area contributed by atoms with Crippen LogP contribution in [0.3, 0.4) is 0 Å². The largest absolute Gasteiger partial charge is 0.463 e. The van der Waals surface area contributed by atoms with Gasteiger partial charge in [-0.3, -0.25) is 4.79 Å². The van der Waals surface area contributed by atoms with E-state index < -0.39 is 6.67 Å². The van der Waals surface area contributed by atoms with E-state index in [1.165, 1.54) is 83.5 Å². The molecule has 7 heteroatoms. The molecule has 0 N–H and O–H groups in total. The summed E-state index contributed by atoms with van der Waals surface area (Å²) in [6, 6.07) is 0. The van der Waals surface area contributed by atoms with Gasteiger partial charge in [-0.15, -0.1) is 0 Å². The number of ether oxygens (including phenoxy) is 5. The standard InChI is InChI=1S/C28H55FO6/c1-2-3-4-5-6-7-8-9-10-11-12-13-14-15-16-17-28(30)35-27-26-34-25-24-33-23-22-32-21-20-31-19-18-29/h2-27H2,1H3. The maximum absolute atomic E-state index is 11.8. The molecule has 0 aromatic rings. The Morgan fingerprint density at radius 3 is 1.23 bits per heavy atom. The van der Waals surface area contributed by atoms with Crippen molar-refractivity contribution >= 4 is 5.97 Å². The summed E-state index contributed by atoms with van der Waals surface area (Å²) in [5.41, 5.74) is 0. The molecule has 0 aromatic carbocycles. The number of rotatable bonds is 30. The van der Waals surface area contributed by atoms with E-state index in [4.69, 9.17) is 23.7 Å². The molecule has 0 saturated carbocycles. The second-order valence-corrected chi connectivity index (χ2v) is 9.06. The highest BCUT2D eigenvalue weighted by Gasteiger charge is 2.02. The van der Waals surface area contributed by atoms with E-state index >= 15 is 0 Å². The van der Waals surface area contributed by atoms with Gasteiger partial charge in [0.05, 0.1) is 52.9 Å². The van der Waals surface area contributed by atoms with Crippen LogP contribution in [0.2, 0.25) is 0 Å². The zero-order chi connectivity index (χ0) is 25.5. The normalized spacial score (nSPS) is 11.3. The van der Waals surface area contributed by atoms with Crippen molar-refractivity contribution in [3.63, 3.8) is 0 Å². The van der Waals surface area contributed by atoms with Crippen molar-refractivity contribution in [2.75, 3.05) is 66.1 Å². The molecule has 0 bridgehead atoms. The monoisotopic (exact) mass is 506 g/mol. The van der Waals surface area contributed by atoms with Crippen molar-refractivity contribution in [2.24, 2.45) is 0 Å². The molecule has 35 heavy (non-hydrogen) atoms. The highest BCUT2D eigenvalue weighted by atomic mass is 19.1. The number of hydrogen-bond acceptors (Lipinski definition) is 6. The van der Waals surface area contributed by atoms with Gasteiger partial charge < -0.3 is 23.7 Å². The van der Waals surface area contributed by atoms with E-state index in [9.17, 15) is 9.18 Å². The minimum atomic E-state index is -0.470. The molecule has 0 aromatic heterocycles. The van der Waals surface area contributed by atoms with Gasteiger partial charge in [0.1, 0.15) is 13.3 Å². The molecule has 0 aliphatic rings. The highest BCUT2D eigenvalue weighted by Crippen LogP contribution is 2.13. The van der Waals surface area contributed by atoms with Crippen LogP contribution in [-0.2, 0) is 28.5 Å². The lowest BCUT2D eigenvalue weighted by Gasteiger charge is -2.08. The zero-order valence-corrected chi connectivity index (χ0v) is 22.7. The first kappa shape index (κ1) is 34.2. The molecule has 210 valence electrons. The van der Waals surface area contributed by atoms with Crippen LogP contribution in [-0.4, -0.2) is 72.1 Å². The van der Waals surface area contributed by atoms with E-state index in [-0.39, 0.29) is 12.6 Å². The van der Waals surface area contributed by atoms with Crippen molar-refractivity contribution in [1.82, 2.24) is 0 Å². The fourth-order valence-electron chi connectivity index (χ4n) is 3.74. The van der Waals surface area contributed by atoms with Crippen LogP contribution in [0, 0.1) is 0 Å². The molecule has 0 fully saturated rings. The molecule has 6 nitrogen and oxygen atoms in total. The molecular weight excluding hydrogens is 451 g/mol. The van der Waals surface area contributed by atoms with Crippen LogP contribution in [0.5, 0.6) is 0 Å². The van der Waals surface area contributed by atoms with Gasteiger partial charge >= 0.3 is 5.97 Å². The Hall–Kier alpha value is -0.760. The van der Waals surface area contributed by atoms with Crippen LogP contribution < -0.4 is 0 Å². The van der Waals surface area contributed by atoms with Crippen LogP contribution in [0.25, 0.3) is 0 Å². The number of carbonyl (C=O) groups is 1. The van der Waals surface area contributed by atoms with Gasteiger partial charge in [-0.2, -0.15) is 0 Å². The Kier molecular flexibility index (Phi) is 30.6. The van der Waals surface area contributed by atoms with Gasteiger partial charge in [0.15, 0.2) is 0 Å². The fraction of sp³-hybridized carbons (Fsp3) is 0.964. The lowest BCUT2D eigenvalue weighted by atomic mass is 10.0. The number of alkyl halides is 1. The summed E-state index contributed by atoms with van der Waals surface area (Å²) in [7, 11) is 0. The molecule has 0 heterocycles. The molecule has 0 aliphatic carbocycles. The van der Waals surface area contributed by atoms with Gasteiger partial charge in [-0.1, -0.05) is 96.8 Å². The van der Waals surface area contributed by atoms with Crippen molar-refractivity contribution in [2.45, 2.75) is 110 Å². The molecule has 0 unspecified atom stereocenters. The summed E-state index contributed by atoms with van der Waals surface area (Å²) in [5, 5.41) is 0. The Bertz CT molecular complexity index is 411. The molecule has 0 aliphatic heterocycles. The second kappa shape index (κ2) is 31.3. The Labute approximate surface area is 214 Å². The maximum atomic E-state index is 11.8. The molecule has 0 spiro atoms. The Morgan fingerprint density at radius 1 is 0.486 bits per heavy atom. The lowest BCUT2D eigenvalue weighted by Crippen LogP contribution is -2.14.